The molecule has 3 aromatic rings. The van der Waals surface area contributed by atoms with E-state index in [0.29, 0.717) is 67.9 Å². The summed E-state index contributed by atoms with van der Waals surface area (Å²) in [5, 5.41) is 15.2. The molecule has 4 fully saturated rings. The van der Waals surface area contributed by atoms with Crippen molar-refractivity contribution in [2.24, 2.45) is 5.73 Å². The van der Waals surface area contributed by atoms with E-state index < -0.39 is 17.2 Å². The molecule has 0 radical (unpaired) electrons. The number of aromatic amines is 1. The molecule has 5 N–H and O–H groups in total. The van der Waals surface area contributed by atoms with Crippen molar-refractivity contribution >= 4 is 74.9 Å². The zero-order valence-corrected chi connectivity index (χ0v) is 53.5. The van der Waals surface area contributed by atoms with Gasteiger partial charge in [0.05, 0.1) is 21.1 Å². The average molecular weight is 1200 g/mol. The first-order valence-corrected chi connectivity index (χ1v) is 30.5. The SMILES string of the molecule is CC1=CC(C)=C(CN)C(=O)C1.CCN(c1sc(C2CCN(C(=O)OC(C)(C)C)C2)c(C(=O)NCc2c(C)cc(C)[nH]c2=O)c1C)C1CCOCC1.CCN(c1sc(C2CCN(C(=O)OC(C)(C)C)C2)c(C(=O)O)c1C)C1CCOCC1.Cl. The van der Waals surface area contributed by atoms with E-state index in [-0.39, 0.29) is 60.2 Å². The largest absolute Gasteiger partial charge is 0.478 e. The number of carboxylic acids is 1. The summed E-state index contributed by atoms with van der Waals surface area (Å²) < 4.78 is 22.3. The molecule has 2 unspecified atom stereocenters. The topological polar surface area (TPSA) is 226 Å². The Kier molecular flexibility index (Phi) is 24.3. The molecule has 18 nitrogen and oxygen atoms in total. The smallest absolute Gasteiger partial charge is 0.410 e. The molecule has 3 amide bonds. The van der Waals surface area contributed by atoms with Crippen molar-refractivity contribution in [3.05, 3.63) is 88.0 Å². The van der Waals surface area contributed by atoms with E-state index in [9.17, 15) is 33.9 Å². The van der Waals surface area contributed by atoms with Gasteiger partial charge in [-0.1, -0.05) is 11.6 Å². The first kappa shape index (κ1) is 67.5. The highest BCUT2D eigenvalue weighted by Gasteiger charge is 2.39. The van der Waals surface area contributed by atoms with Crippen molar-refractivity contribution < 1.29 is 48.0 Å². The lowest BCUT2D eigenvalue weighted by Crippen LogP contribution is -2.39. The molecule has 2 atom stereocenters. The number of hydrogen-bond donors (Lipinski definition) is 4. The number of nitrogens with one attached hydrogen (secondary N) is 2. The van der Waals surface area contributed by atoms with Gasteiger partial charge in [0.15, 0.2) is 5.78 Å². The van der Waals surface area contributed by atoms with Crippen LogP contribution in [0, 0.1) is 27.7 Å². The summed E-state index contributed by atoms with van der Waals surface area (Å²) in [5.74, 6) is -0.833. The van der Waals surface area contributed by atoms with Crippen molar-refractivity contribution in [3.8, 4) is 0 Å². The van der Waals surface area contributed by atoms with Gasteiger partial charge in [-0.15, -0.1) is 35.1 Å². The van der Waals surface area contributed by atoms with Crippen LogP contribution >= 0.6 is 35.1 Å². The van der Waals surface area contributed by atoms with Crippen LogP contribution in [-0.4, -0.2) is 145 Å². The maximum Gasteiger partial charge on any atom is 0.410 e. The third kappa shape index (κ3) is 17.2. The molecule has 5 aliphatic rings. The zero-order chi connectivity index (χ0) is 59.7. The number of carbonyl (C=O) groups excluding carboxylic acids is 4. The van der Waals surface area contributed by atoms with Gasteiger partial charge in [0.2, 0.25) is 0 Å². The van der Waals surface area contributed by atoms with Gasteiger partial charge in [-0.2, -0.15) is 0 Å². The maximum atomic E-state index is 13.8. The first-order chi connectivity index (χ1) is 38.2. The fourth-order valence-corrected chi connectivity index (χ4v) is 14.6. The number of amides is 3. The summed E-state index contributed by atoms with van der Waals surface area (Å²) in [4.78, 5) is 88.1. The van der Waals surface area contributed by atoms with Crippen LogP contribution in [0.1, 0.15) is 184 Å². The van der Waals surface area contributed by atoms with E-state index in [1.807, 2.05) is 95.2 Å². The maximum absolute atomic E-state index is 13.8. The minimum atomic E-state index is -0.885. The Morgan fingerprint density at radius 3 is 1.60 bits per heavy atom. The molecule has 8 rings (SSSR count). The molecule has 456 valence electrons. The van der Waals surface area contributed by atoms with Gasteiger partial charge in [-0.3, -0.25) is 14.4 Å². The first-order valence-electron chi connectivity index (χ1n) is 28.9. The summed E-state index contributed by atoms with van der Waals surface area (Å²) in [6, 6.07) is 2.65. The average Bonchev–Trinajstić information content (AvgIpc) is 4.21. The van der Waals surface area contributed by atoms with Gasteiger partial charge >= 0.3 is 18.2 Å². The number of likely N-dealkylation sites (tertiary alicyclic amines) is 2. The highest BCUT2D eigenvalue weighted by Crippen LogP contribution is 2.46. The minimum absolute atomic E-state index is 0. The lowest BCUT2D eigenvalue weighted by Gasteiger charge is -2.35. The van der Waals surface area contributed by atoms with Crippen molar-refractivity contribution in [1.29, 1.82) is 0 Å². The van der Waals surface area contributed by atoms with E-state index in [4.69, 9.17) is 24.7 Å². The standard InChI is InChI=1S/C30H44N4O5S.C22H34N2O5S.C9H13NO.ClH/c1-8-34(22-10-13-38-14-11-22)28-20(4)24(27(36)31-16-23-18(2)15-19(3)32-26(23)35)25(40-28)21-9-12-33(17-21)29(37)39-30(5,6)7;1-6-24(16-8-11-28-12-9-16)19-14(2)17(20(25)26)18(30-19)15-7-10-23(13-15)21(27)29-22(3,4)5;1-6-3-7(2)8(5-10)9(11)4-6;/h15,21-22H,8-14,16-17H2,1-7H3,(H,31,36)(H,32,35);15-16H,6-13H2,1-5H3,(H,25,26);3H,4-5,10H2,1-2H3;1H. The van der Waals surface area contributed by atoms with Crippen molar-refractivity contribution in [3.63, 3.8) is 0 Å². The number of aromatic nitrogens is 1. The van der Waals surface area contributed by atoms with E-state index in [2.05, 4.69) is 33.9 Å². The molecule has 3 aromatic heterocycles. The summed E-state index contributed by atoms with van der Waals surface area (Å²) in [6.45, 7) is 34.3. The number of carbonyl (C=O) groups is 5. The Balaban J connectivity index is 0.000000257. The molecule has 4 aliphatic heterocycles. The predicted molar refractivity (Wildman–Crippen MR) is 329 cm³/mol. The summed E-state index contributed by atoms with van der Waals surface area (Å²) in [6.07, 6.45) is 7.27. The normalized spacial score (nSPS) is 18.9. The highest BCUT2D eigenvalue weighted by molar-refractivity contribution is 7.17. The van der Waals surface area contributed by atoms with Crippen molar-refractivity contribution in [1.82, 2.24) is 20.1 Å². The molecule has 21 heteroatoms. The van der Waals surface area contributed by atoms with Crippen molar-refractivity contribution in [2.45, 2.75) is 184 Å². The molecule has 0 spiro atoms. The van der Waals surface area contributed by atoms with E-state index in [0.717, 1.165) is 137 Å². The highest BCUT2D eigenvalue weighted by atomic mass is 35.5. The number of Topliss-reactive ketones (excluding diaryl/α,β-unsaturated/α-hetero) is 1. The molecule has 82 heavy (non-hydrogen) atoms. The van der Waals surface area contributed by atoms with Crippen LogP contribution in [0.3, 0.4) is 0 Å². The fourth-order valence-electron chi connectivity index (χ4n) is 11.5. The molecule has 1 aliphatic carbocycles. The number of carboxylic acid groups (broad SMARTS) is 1. The number of thiophene rings is 2. The number of pyridine rings is 1. The third-order valence-corrected chi connectivity index (χ3v) is 18.4. The van der Waals surface area contributed by atoms with Crippen LogP contribution in [0.2, 0.25) is 0 Å². The number of ketones is 1. The number of ether oxygens (including phenoxy) is 4. The van der Waals surface area contributed by atoms with Gasteiger partial charge in [0, 0.05) is 136 Å². The Hall–Kier alpha value is -5.25. The monoisotopic (exact) mass is 1200 g/mol. The Morgan fingerprint density at radius 1 is 0.744 bits per heavy atom. The Labute approximate surface area is 499 Å². The number of hydrogen-bond acceptors (Lipinski definition) is 15. The molecule has 4 saturated heterocycles. The second-order valence-corrected chi connectivity index (χ2v) is 26.1. The number of anilines is 2. The predicted octanol–water partition coefficient (Wildman–Crippen LogP) is 11.1. The van der Waals surface area contributed by atoms with Crippen LogP contribution in [0.4, 0.5) is 19.6 Å². The lowest BCUT2D eigenvalue weighted by molar-refractivity contribution is -0.115. The fraction of sp³-hybridized carbons (Fsp3) is 0.639. The van der Waals surface area contributed by atoms with Crippen LogP contribution in [0.15, 0.2) is 33.7 Å². The van der Waals surface area contributed by atoms with Crippen LogP contribution in [0.25, 0.3) is 0 Å². The number of rotatable bonds is 13. The zero-order valence-electron chi connectivity index (χ0n) is 51.0. The molecule has 0 saturated carbocycles. The van der Waals surface area contributed by atoms with Crippen LogP contribution in [0.5, 0.6) is 0 Å². The van der Waals surface area contributed by atoms with Crippen molar-refractivity contribution in [2.75, 3.05) is 82.0 Å². The molecule has 0 aromatic carbocycles. The van der Waals surface area contributed by atoms with E-state index >= 15 is 0 Å². The van der Waals surface area contributed by atoms with Gasteiger partial charge < -0.3 is 59.7 Å². The van der Waals surface area contributed by atoms with E-state index in [1.54, 1.807) is 32.5 Å². The lowest BCUT2D eigenvalue weighted by atomic mass is 9.93. The van der Waals surface area contributed by atoms with Gasteiger partial charge in [-0.25, -0.2) is 14.4 Å². The number of nitrogens with two attached hydrogens (primary N) is 1. The molecule has 0 bridgehead atoms. The minimum Gasteiger partial charge on any atom is -0.478 e. The Morgan fingerprint density at radius 2 is 1.20 bits per heavy atom. The molecular formula is C61H92ClN7O11S2. The van der Waals surface area contributed by atoms with Crippen LogP contribution < -0.4 is 26.4 Å². The second kappa shape index (κ2) is 29.5. The third-order valence-electron chi connectivity index (χ3n) is 15.5. The van der Waals surface area contributed by atoms with Gasteiger partial charge in [-0.05, 0) is 164 Å². The number of nitrogens with zero attached hydrogens (tertiary/aromatic N) is 4. The number of H-pyrrole nitrogens is 1. The summed E-state index contributed by atoms with van der Waals surface area (Å²) >= 11 is 3.26. The molecular weight excluding hydrogens is 1110 g/mol. The van der Waals surface area contributed by atoms with E-state index in [1.165, 1.54) is 0 Å². The molecule has 7 heterocycles. The van der Waals surface area contributed by atoms with Gasteiger partial charge in [0.1, 0.15) is 11.2 Å². The second-order valence-electron chi connectivity index (χ2n) is 24.0. The Bertz CT molecular complexity index is 2870. The number of aromatic carboxylic acids is 1. The number of halogens is 1. The number of aryl methyl sites for hydroxylation is 2. The quantitative estimate of drug-likeness (QED) is 0.125. The van der Waals surface area contributed by atoms with Gasteiger partial charge in [0.25, 0.3) is 11.5 Å². The summed E-state index contributed by atoms with van der Waals surface area (Å²) in [5.41, 5.74) is 12.2. The van der Waals surface area contributed by atoms with Crippen LogP contribution in [-0.2, 0) is 30.3 Å². The number of allylic oxidation sites excluding steroid dienone is 3. The summed E-state index contributed by atoms with van der Waals surface area (Å²) in [7, 11) is 0.